The minimum absolute atomic E-state index is 0.320. The van der Waals surface area contributed by atoms with Crippen molar-refractivity contribution >= 4 is 0 Å². The number of rotatable bonds is 16. The van der Waals surface area contributed by atoms with Crippen LogP contribution in [0.4, 0.5) is 0 Å². The fraction of sp³-hybridized carbons (Fsp3) is 0.636. The predicted molar refractivity (Wildman–Crippen MR) is 152 cm³/mol. The van der Waals surface area contributed by atoms with Gasteiger partial charge in [0.15, 0.2) is 0 Å². The molecule has 0 bridgehead atoms. The van der Waals surface area contributed by atoms with Crippen molar-refractivity contribution in [2.75, 3.05) is 0 Å². The number of phenolic OH excluding ortho intramolecular Hbond substituents is 2. The SMILES string of the molecule is CCCC(C)CCCC(C)c1ccc(O)c(Cc2cc(C(C)CCCC(C)CCC)ccc2O)c1. The fourth-order valence-electron chi connectivity index (χ4n) is 5.46. The van der Waals surface area contributed by atoms with E-state index in [0.29, 0.717) is 29.8 Å². The van der Waals surface area contributed by atoms with E-state index in [-0.39, 0.29) is 0 Å². The lowest BCUT2D eigenvalue weighted by atomic mass is 9.88. The normalized spacial score (nSPS) is 15.0. The summed E-state index contributed by atoms with van der Waals surface area (Å²) < 4.78 is 0. The molecule has 0 amide bonds. The van der Waals surface area contributed by atoms with E-state index in [0.717, 1.165) is 23.0 Å². The monoisotopic (exact) mass is 480 g/mol. The number of benzene rings is 2. The first kappa shape index (κ1) is 29.3. The average Bonchev–Trinajstić information content (AvgIpc) is 2.82. The molecule has 4 unspecified atom stereocenters. The van der Waals surface area contributed by atoms with Crippen molar-refractivity contribution < 1.29 is 10.2 Å². The molecule has 0 aliphatic carbocycles. The molecule has 0 aromatic heterocycles. The lowest BCUT2D eigenvalue weighted by Gasteiger charge is -2.18. The molecule has 0 spiro atoms. The van der Waals surface area contributed by atoms with Crippen LogP contribution >= 0.6 is 0 Å². The molecule has 0 radical (unpaired) electrons. The molecule has 2 N–H and O–H groups in total. The van der Waals surface area contributed by atoms with Crippen LogP contribution in [0.15, 0.2) is 36.4 Å². The molecular formula is C33H52O2. The van der Waals surface area contributed by atoms with E-state index >= 15 is 0 Å². The molecule has 196 valence electrons. The quantitative estimate of drug-likeness (QED) is 0.251. The van der Waals surface area contributed by atoms with Crippen LogP contribution in [0.25, 0.3) is 0 Å². The van der Waals surface area contributed by atoms with Gasteiger partial charge < -0.3 is 10.2 Å². The molecule has 2 nitrogen and oxygen atoms in total. The Morgan fingerprint density at radius 2 is 0.971 bits per heavy atom. The van der Waals surface area contributed by atoms with E-state index in [1.54, 1.807) is 0 Å². The highest BCUT2D eigenvalue weighted by atomic mass is 16.3. The van der Waals surface area contributed by atoms with Gasteiger partial charge >= 0.3 is 0 Å². The summed E-state index contributed by atoms with van der Waals surface area (Å²) in [5.74, 6) is 3.19. The Morgan fingerprint density at radius 3 is 1.34 bits per heavy atom. The van der Waals surface area contributed by atoms with E-state index in [9.17, 15) is 10.2 Å². The van der Waals surface area contributed by atoms with Crippen molar-refractivity contribution in [3.63, 3.8) is 0 Å². The van der Waals surface area contributed by atoms with Gasteiger partial charge in [-0.15, -0.1) is 0 Å². The van der Waals surface area contributed by atoms with Crippen LogP contribution in [-0.4, -0.2) is 10.2 Å². The summed E-state index contributed by atoms with van der Waals surface area (Å²) in [5, 5.41) is 21.2. The Balaban J connectivity index is 2.03. The minimum atomic E-state index is 0.320. The lowest BCUT2D eigenvalue weighted by Crippen LogP contribution is -2.01. The summed E-state index contributed by atoms with van der Waals surface area (Å²) in [5.41, 5.74) is 4.38. The van der Waals surface area contributed by atoms with Gasteiger partial charge in [0.1, 0.15) is 11.5 Å². The maximum Gasteiger partial charge on any atom is 0.119 e. The molecule has 0 saturated carbocycles. The van der Waals surface area contributed by atoms with E-state index in [1.165, 1.54) is 75.3 Å². The molecule has 2 aromatic rings. The summed E-state index contributed by atoms with van der Waals surface area (Å²) in [6, 6.07) is 12.1. The summed E-state index contributed by atoms with van der Waals surface area (Å²) >= 11 is 0. The predicted octanol–water partition coefficient (Wildman–Crippen LogP) is 10.1. The van der Waals surface area contributed by atoms with Crippen molar-refractivity contribution in [2.45, 2.75) is 124 Å². The first-order valence-corrected chi connectivity index (χ1v) is 14.4. The minimum Gasteiger partial charge on any atom is -0.508 e. The molecule has 2 rings (SSSR count). The zero-order valence-electron chi connectivity index (χ0n) is 23.4. The lowest BCUT2D eigenvalue weighted by molar-refractivity contribution is 0.448. The third-order valence-electron chi connectivity index (χ3n) is 7.96. The Hall–Kier alpha value is -1.96. The highest BCUT2D eigenvalue weighted by molar-refractivity contribution is 5.45. The largest absolute Gasteiger partial charge is 0.508 e. The second-order valence-corrected chi connectivity index (χ2v) is 11.4. The molecule has 0 aliphatic rings. The van der Waals surface area contributed by atoms with Gasteiger partial charge in [-0.1, -0.05) is 117 Å². The van der Waals surface area contributed by atoms with Crippen molar-refractivity contribution in [3.8, 4) is 11.5 Å². The molecule has 0 saturated heterocycles. The highest BCUT2D eigenvalue weighted by Crippen LogP contribution is 2.33. The van der Waals surface area contributed by atoms with Gasteiger partial charge in [0.25, 0.3) is 0 Å². The summed E-state index contributed by atoms with van der Waals surface area (Å²) in [6.45, 7) is 13.8. The van der Waals surface area contributed by atoms with Gasteiger partial charge in [-0.2, -0.15) is 0 Å². The van der Waals surface area contributed by atoms with E-state index in [4.69, 9.17) is 0 Å². The van der Waals surface area contributed by atoms with Crippen LogP contribution in [0.2, 0.25) is 0 Å². The summed E-state index contributed by atoms with van der Waals surface area (Å²) in [7, 11) is 0. The van der Waals surface area contributed by atoms with Gasteiger partial charge in [-0.3, -0.25) is 0 Å². The molecule has 0 heterocycles. The first-order valence-electron chi connectivity index (χ1n) is 14.4. The smallest absolute Gasteiger partial charge is 0.119 e. The zero-order chi connectivity index (χ0) is 25.8. The number of phenols is 2. The molecule has 0 fully saturated rings. The molecule has 4 atom stereocenters. The van der Waals surface area contributed by atoms with Gasteiger partial charge in [-0.25, -0.2) is 0 Å². The molecular weight excluding hydrogens is 428 g/mol. The topological polar surface area (TPSA) is 40.5 Å². The van der Waals surface area contributed by atoms with Crippen LogP contribution in [0, 0.1) is 11.8 Å². The Kier molecular flexibility index (Phi) is 12.7. The summed E-state index contributed by atoms with van der Waals surface area (Å²) in [6.07, 6.45) is 13.1. The van der Waals surface area contributed by atoms with E-state index in [2.05, 4.69) is 65.8 Å². The molecule has 2 heteroatoms. The Morgan fingerprint density at radius 1 is 0.571 bits per heavy atom. The first-order chi connectivity index (χ1) is 16.7. The van der Waals surface area contributed by atoms with Gasteiger partial charge in [-0.05, 0) is 70.9 Å². The Labute approximate surface area is 216 Å². The highest BCUT2D eigenvalue weighted by Gasteiger charge is 2.14. The fourth-order valence-corrected chi connectivity index (χ4v) is 5.46. The molecule has 2 aromatic carbocycles. The van der Waals surface area contributed by atoms with Gasteiger partial charge in [0.2, 0.25) is 0 Å². The maximum absolute atomic E-state index is 10.6. The number of aromatic hydroxyl groups is 2. The van der Waals surface area contributed by atoms with Crippen molar-refractivity contribution in [3.05, 3.63) is 58.7 Å². The third kappa shape index (κ3) is 9.90. The van der Waals surface area contributed by atoms with Gasteiger partial charge in [0.05, 0.1) is 0 Å². The van der Waals surface area contributed by atoms with Crippen molar-refractivity contribution in [2.24, 2.45) is 11.8 Å². The zero-order valence-corrected chi connectivity index (χ0v) is 23.4. The second kappa shape index (κ2) is 15.2. The van der Waals surface area contributed by atoms with Crippen LogP contribution in [0.3, 0.4) is 0 Å². The van der Waals surface area contributed by atoms with E-state index in [1.807, 2.05) is 12.1 Å². The van der Waals surface area contributed by atoms with Crippen LogP contribution in [-0.2, 0) is 6.42 Å². The number of hydrogen-bond acceptors (Lipinski definition) is 2. The molecule has 35 heavy (non-hydrogen) atoms. The van der Waals surface area contributed by atoms with E-state index < -0.39 is 0 Å². The van der Waals surface area contributed by atoms with Crippen LogP contribution in [0.5, 0.6) is 11.5 Å². The third-order valence-corrected chi connectivity index (χ3v) is 7.96. The standard InChI is InChI=1S/C33H52O2/c1-7-11-24(3)13-9-15-26(5)28-17-19-32(34)30(21-28)23-31-22-29(18-20-33(31)35)27(6)16-10-14-25(4)12-8-2/h17-22,24-27,34-35H,7-16,23H2,1-6H3. The van der Waals surface area contributed by atoms with Gasteiger partial charge in [0, 0.05) is 6.42 Å². The van der Waals surface area contributed by atoms with Crippen LogP contribution < -0.4 is 0 Å². The van der Waals surface area contributed by atoms with Crippen LogP contribution in [0.1, 0.15) is 140 Å². The van der Waals surface area contributed by atoms with Crippen molar-refractivity contribution in [1.29, 1.82) is 0 Å². The van der Waals surface area contributed by atoms with Crippen molar-refractivity contribution in [1.82, 2.24) is 0 Å². The molecule has 0 aliphatic heterocycles. The maximum atomic E-state index is 10.6. The summed E-state index contributed by atoms with van der Waals surface area (Å²) in [4.78, 5) is 0. The Bertz CT molecular complexity index is 800. The average molecular weight is 481 g/mol. The second-order valence-electron chi connectivity index (χ2n) is 11.4. The number of hydrogen-bond donors (Lipinski definition) is 2.